The lowest BCUT2D eigenvalue weighted by atomic mass is 9.87. The third-order valence-electron chi connectivity index (χ3n) is 17.1. The summed E-state index contributed by atoms with van der Waals surface area (Å²) >= 11 is 7.06. The van der Waals surface area contributed by atoms with Gasteiger partial charge in [-0.2, -0.15) is 0 Å². The van der Waals surface area contributed by atoms with Crippen LogP contribution in [0.15, 0.2) is 78.9 Å². The number of carbonyl (C=O) groups excluding carboxylic acids is 9. The molecule has 0 aliphatic carbocycles. The molecule has 102 heavy (non-hydrogen) atoms. The lowest BCUT2D eigenvalue weighted by molar-refractivity contribution is -0.277. The van der Waals surface area contributed by atoms with Crippen molar-refractivity contribution in [3.05, 3.63) is 123 Å². The summed E-state index contributed by atoms with van der Waals surface area (Å²) in [6.45, 7) is 15.4. The van der Waals surface area contributed by atoms with E-state index in [9.17, 15) is 60.0 Å². The Balaban J connectivity index is 1.30. The molecule has 0 radical (unpaired) electrons. The number of hydrogen-bond donors (Lipinski definition) is 16. The van der Waals surface area contributed by atoms with E-state index in [-0.39, 0.29) is 73.4 Å². The third kappa shape index (κ3) is 17.0. The Bertz CT molecular complexity index is 4120. The van der Waals surface area contributed by atoms with Crippen molar-refractivity contribution in [3.8, 4) is 51.4 Å². The van der Waals surface area contributed by atoms with Crippen LogP contribution in [0, 0.1) is 19.8 Å². The number of primary amides is 1. The number of carbonyl (C=O) groups is 9. The van der Waals surface area contributed by atoms with Gasteiger partial charge in [0.25, 0.3) is 0 Å². The van der Waals surface area contributed by atoms with Crippen molar-refractivity contribution >= 4 is 65.0 Å². The lowest BCUT2D eigenvalue weighted by Crippen LogP contribution is -2.60. The fraction of sp³-hybridized carbons (Fsp3) is 0.443. The predicted octanol–water partition coefficient (Wildman–Crippen LogP) is 2.60. The minimum atomic E-state index is -2.28. The van der Waals surface area contributed by atoms with Crippen LogP contribution in [0.5, 0.6) is 40.2 Å². The Labute approximate surface area is 590 Å². The van der Waals surface area contributed by atoms with Crippen LogP contribution in [0.1, 0.15) is 138 Å². The second kappa shape index (κ2) is 30.4. The van der Waals surface area contributed by atoms with Crippen molar-refractivity contribution in [1.29, 1.82) is 0 Å². The van der Waals surface area contributed by atoms with Gasteiger partial charge >= 0.3 is 6.09 Å². The molecule has 0 aromatic heterocycles. The highest BCUT2D eigenvalue weighted by Gasteiger charge is 2.47. The smallest absolute Gasteiger partial charge is 0.410 e. The van der Waals surface area contributed by atoms with Crippen LogP contribution in [-0.2, 0) is 47.8 Å². The number of nitrogens with one attached hydrogen (secondary N) is 7. The van der Waals surface area contributed by atoms with E-state index in [0.29, 0.717) is 0 Å². The topological polar surface area (TPSA) is 475 Å². The molecular weight excluding hydrogens is 1350 g/mol. The minimum absolute atomic E-state index is 0.0206. The number of rotatable bonds is 11. The number of nitrogens with two attached hydrogens (primary N) is 1. The van der Waals surface area contributed by atoms with Crippen LogP contribution in [0.4, 0.5) is 4.79 Å². The summed E-state index contributed by atoms with van der Waals surface area (Å²) in [5.74, 6) is -13.0. The molecule has 0 saturated carbocycles. The largest absolute Gasteiger partial charge is 0.508 e. The summed E-state index contributed by atoms with van der Waals surface area (Å²) in [5, 5.41) is 109. The molecular formula is C70H84ClN9O22. The number of ether oxygens (including phenoxy) is 5. The van der Waals surface area contributed by atoms with Gasteiger partial charge in [-0.3, -0.25) is 43.3 Å². The van der Waals surface area contributed by atoms with Crippen LogP contribution in [0.3, 0.4) is 0 Å². The van der Waals surface area contributed by atoms with E-state index in [0.717, 1.165) is 29.2 Å². The number of likely N-dealkylation sites (N-methyl/N-ethyl adjacent to an activating group) is 1. The van der Waals surface area contributed by atoms with Crippen LogP contribution in [-0.4, -0.2) is 179 Å². The summed E-state index contributed by atoms with van der Waals surface area (Å²) in [6.07, 6.45) is -15.9. The summed E-state index contributed by atoms with van der Waals surface area (Å²) in [7, 11) is 1.29. The number of aryl methyl sites for hydroxylation is 2. The zero-order valence-electron chi connectivity index (χ0n) is 57.5. The minimum Gasteiger partial charge on any atom is -0.508 e. The first-order chi connectivity index (χ1) is 47.7. The van der Waals surface area contributed by atoms with Crippen molar-refractivity contribution < 1.29 is 108 Å². The molecule has 32 heteroatoms. The van der Waals surface area contributed by atoms with Gasteiger partial charge in [0.15, 0.2) is 11.5 Å². The molecule has 0 unspecified atom stereocenters. The zero-order valence-corrected chi connectivity index (χ0v) is 58.2. The first-order valence-electron chi connectivity index (χ1n) is 32.5. The second-order valence-electron chi connectivity index (χ2n) is 28.0. The lowest BCUT2D eigenvalue weighted by Gasteiger charge is -2.39. The number of hydrogen-bond acceptors (Lipinski definition) is 22. The third-order valence-corrected chi connectivity index (χ3v) is 17.4. The Hall–Kier alpha value is -9.86. The Kier molecular flexibility index (Phi) is 22.7. The molecule has 6 heterocycles. The molecule has 11 rings (SSSR count). The fourth-order valence-corrected chi connectivity index (χ4v) is 12.4. The van der Waals surface area contributed by atoms with Crippen molar-refractivity contribution in [2.75, 3.05) is 13.7 Å². The maximum absolute atomic E-state index is 16.1. The molecule has 9 amide bonds. The number of benzene rings is 5. The number of aromatic hydroxyl groups is 2. The Morgan fingerprint density at radius 3 is 1.89 bits per heavy atom. The van der Waals surface area contributed by atoms with E-state index >= 15 is 24.0 Å². The number of nitrogens with zero attached hydrogens (tertiary/aromatic N) is 1. The number of phenols is 2. The predicted molar refractivity (Wildman–Crippen MR) is 361 cm³/mol. The summed E-state index contributed by atoms with van der Waals surface area (Å²) in [4.78, 5) is 135. The van der Waals surface area contributed by atoms with Gasteiger partial charge in [0.05, 0.1) is 18.1 Å². The average molecular weight is 1440 g/mol. The summed E-state index contributed by atoms with van der Waals surface area (Å²) < 4.78 is 30.9. The van der Waals surface area contributed by atoms with Crippen molar-refractivity contribution in [2.24, 2.45) is 11.7 Å². The van der Waals surface area contributed by atoms with Crippen LogP contribution < -0.4 is 57.2 Å². The standard InChI is InChI=1S/C70H84ClN9O22/c1-28(2)18-40(80(11)68(97)102-70(8,9)10)61(91)77-52-54(85)32-13-16-42(29(3)19-32)98-44-23-34-24-45(59(44)101-67-58(89)57(88)56(87)46(27-81)100-67)99-43-17-14-33(22-38(43)71)55(86)53-65(95)76-51(66(96)79-69(5,6)7)37-25-35(82)20-30(4)48(37)36-21-31(12-15-41(36)83)49(62(92)78-53)75-63(93)50(34)74-60(90)39(26-47(72)84)73-64(52)94/h12-17,19-25,28,39-40,46,49-58,67,81-83,85-89H,18,26-27H2,1-11H3,(H2,72,84)(H,73,94)(H,74,90)(H,75,93)(H,76,95)(H,77,91)(H,78,92)(H,79,96)/t39-,40+,46+,49+,50+,51-,52+,53-,54+,55+,56+,57-,58+,67-/m0/s1. The van der Waals surface area contributed by atoms with Gasteiger partial charge in [0.1, 0.15) is 108 Å². The van der Waals surface area contributed by atoms with Gasteiger partial charge in [-0.15, -0.1) is 0 Å². The van der Waals surface area contributed by atoms with E-state index in [4.69, 9.17) is 41.0 Å². The molecule has 548 valence electrons. The van der Waals surface area contributed by atoms with Crippen molar-refractivity contribution in [2.45, 2.75) is 178 Å². The number of fused-ring (bicyclic) bond motifs is 15. The molecule has 6 aliphatic rings. The van der Waals surface area contributed by atoms with E-state index in [1.54, 1.807) is 55.4 Å². The maximum atomic E-state index is 16.1. The molecule has 31 nitrogen and oxygen atoms in total. The van der Waals surface area contributed by atoms with Crippen LogP contribution >= 0.6 is 11.6 Å². The maximum Gasteiger partial charge on any atom is 0.410 e. The number of halogens is 1. The van der Waals surface area contributed by atoms with Crippen molar-refractivity contribution in [1.82, 2.24) is 42.1 Å². The molecule has 6 aliphatic heterocycles. The van der Waals surface area contributed by atoms with Gasteiger partial charge in [-0.25, -0.2) is 4.79 Å². The SMILES string of the molecule is Cc1cc2ccc1Oc1cc3cc(c1O[C@@H]1O[C@H](CO)[C@@H](O)[C@H](O)[C@H]1O)Oc1ccc(cc1Cl)[C@@H](O)[C@@H]1NC(=O)[C@H](NC(=O)[C@@H]3NC(=O)[C@H](CC(N)=O)NC(=O)[C@H](NC(=O)[C@@H](CC(C)C)N(C)C(=O)OC(C)(C)C)[C@@H]2O)c2ccc(O)c(c2)-c2c(C)cc(O)cc2[C@@H](C(=O)NC(C)(C)C)NC1=O. The number of aliphatic hydroxyl groups excluding tert-OH is 6. The van der Waals surface area contributed by atoms with Crippen molar-refractivity contribution in [3.63, 3.8) is 0 Å². The average Bonchev–Trinajstić information content (AvgIpc) is 0.770. The zero-order chi connectivity index (χ0) is 75.0. The highest BCUT2D eigenvalue weighted by Crippen LogP contribution is 2.49. The van der Waals surface area contributed by atoms with E-state index in [1.807, 2.05) is 0 Å². The van der Waals surface area contributed by atoms with Gasteiger partial charge in [-0.1, -0.05) is 43.6 Å². The molecule has 0 spiro atoms. The van der Waals surface area contributed by atoms with Gasteiger partial charge in [-0.05, 0) is 173 Å². The molecule has 1 fully saturated rings. The van der Waals surface area contributed by atoms with Crippen LogP contribution in [0.25, 0.3) is 11.1 Å². The monoisotopic (exact) mass is 1440 g/mol. The molecule has 17 N–H and O–H groups in total. The fourth-order valence-electron chi connectivity index (χ4n) is 12.1. The molecule has 5 aromatic carbocycles. The molecule has 5 aromatic rings. The summed E-state index contributed by atoms with van der Waals surface area (Å²) in [5.41, 5.74) is 3.09. The second-order valence-corrected chi connectivity index (χ2v) is 28.4. The first-order valence-corrected chi connectivity index (χ1v) is 32.9. The van der Waals surface area contributed by atoms with Crippen LogP contribution in [0.2, 0.25) is 5.02 Å². The number of phenolic OH excluding ortho intramolecular Hbond substituents is 2. The molecule has 11 bridgehead atoms. The molecule has 1 saturated heterocycles. The van der Waals surface area contributed by atoms with E-state index in [2.05, 4.69) is 37.2 Å². The van der Waals surface area contributed by atoms with Gasteiger partial charge < -0.3 is 107 Å². The Morgan fingerprint density at radius 1 is 0.676 bits per heavy atom. The van der Waals surface area contributed by atoms with E-state index in [1.165, 1.54) is 75.5 Å². The summed E-state index contributed by atoms with van der Waals surface area (Å²) in [6, 6.07) is 1.74. The Morgan fingerprint density at radius 2 is 1.28 bits per heavy atom. The number of amides is 9. The first kappa shape index (κ1) is 76.3. The van der Waals surface area contributed by atoms with Gasteiger partial charge in [0.2, 0.25) is 59.3 Å². The highest BCUT2D eigenvalue weighted by molar-refractivity contribution is 6.32. The number of aliphatic hydroxyl groups is 6. The molecule has 14 atom stereocenters. The normalized spacial score (nSPS) is 24.9. The highest BCUT2D eigenvalue weighted by atomic mass is 35.5. The quantitative estimate of drug-likeness (QED) is 0.0903. The van der Waals surface area contributed by atoms with Gasteiger partial charge in [0, 0.05) is 18.2 Å². The van der Waals surface area contributed by atoms with E-state index < -0.39 is 197 Å².